The molecule has 2 aliphatic heterocycles. The Labute approximate surface area is 238 Å². The molecule has 8 nitrogen and oxygen atoms in total. The Morgan fingerprint density at radius 1 is 1.07 bits per heavy atom. The molecule has 2 aliphatic carbocycles. The summed E-state index contributed by atoms with van der Waals surface area (Å²) in [6.45, 7) is 6.16. The number of benzene rings is 1. The van der Waals surface area contributed by atoms with E-state index in [9.17, 15) is 19.2 Å². The Kier molecular flexibility index (Phi) is 8.81. The van der Waals surface area contributed by atoms with E-state index >= 15 is 0 Å². The van der Waals surface area contributed by atoms with Crippen molar-refractivity contribution in [2.45, 2.75) is 103 Å². The second-order valence-corrected chi connectivity index (χ2v) is 12.8. The molecule has 2 saturated carbocycles. The minimum atomic E-state index is -0.625. The number of unbranched alkanes of at least 4 members (excludes halogenated alkanes) is 3. The molecule has 0 spiro atoms. The Morgan fingerprint density at radius 3 is 2.55 bits per heavy atom. The Balaban J connectivity index is 1.02. The van der Waals surface area contributed by atoms with Crippen LogP contribution in [0.25, 0.3) is 0 Å². The van der Waals surface area contributed by atoms with Gasteiger partial charge in [-0.1, -0.05) is 32.8 Å². The lowest BCUT2D eigenvalue weighted by Gasteiger charge is -2.47. The lowest BCUT2D eigenvalue weighted by atomic mass is 9.57. The van der Waals surface area contributed by atoms with Crippen LogP contribution in [0, 0.1) is 23.2 Å². The third kappa shape index (κ3) is 6.06. The molecule has 3 unspecified atom stereocenters. The predicted octanol–water partition coefficient (Wildman–Crippen LogP) is 4.75. The monoisotopic (exact) mass is 551 g/mol. The van der Waals surface area contributed by atoms with Gasteiger partial charge in [0.15, 0.2) is 0 Å². The van der Waals surface area contributed by atoms with Gasteiger partial charge in [0.05, 0.1) is 13.2 Å². The van der Waals surface area contributed by atoms with E-state index in [0.717, 1.165) is 74.8 Å². The molecule has 2 heterocycles. The van der Waals surface area contributed by atoms with Crippen molar-refractivity contribution in [3.63, 3.8) is 0 Å². The summed E-state index contributed by atoms with van der Waals surface area (Å²) in [4.78, 5) is 51.6. The normalized spacial score (nSPS) is 29.6. The summed E-state index contributed by atoms with van der Waals surface area (Å²) in [5.41, 5.74) is 1.22. The van der Waals surface area contributed by atoms with Gasteiger partial charge in [0.2, 0.25) is 17.7 Å². The Hall–Kier alpha value is -2.90. The second kappa shape index (κ2) is 12.3. The van der Waals surface area contributed by atoms with Gasteiger partial charge in [0.25, 0.3) is 5.91 Å². The number of nitrogens with zero attached hydrogens (tertiary/aromatic N) is 1. The Morgan fingerprint density at radius 2 is 1.82 bits per heavy atom. The number of amides is 4. The number of hydrogen-bond donors (Lipinski definition) is 2. The molecule has 3 atom stereocenters. The van der Waals surface area contributed by atoms with Crippen molar-refractivity contribution in [3.05, 3.63) is 29.3 Å². The number of hydrogen-bond acceptors (Lipinski definition) is 5. The van der Waals surface area contributed by atoms with Crippen molar-refractivity contribution >= 4 is 23.6 Å². The lowest BCUT2D eigenvalue weighted by molar-refractivity contribution is -0.138. The molecule has 1 aromatic carbocycles. The Bertz CT molecular complexity index is 1120. The van der Waals surface area contributed by atoms with Crippen molar-refractivity contribution in [2.75, 3.05) is 13.2 Å². The molecule has 2 N–H and O–H groups in total. The van der Waals surface area contributed by atoms with Crippen molar-refractivity contribution in [1.82, 2.24) is 15.5 Å². The van der Waals surface area contributed by atoms with E-state index in [1.54, 1.807) is 11.0 Å². The van der Waals surface area contributed by atoms with E-state index in [2.05, 4.69) is 24.5 Å². The highest BCUT2D eigenvalue weighted by Gasteiger charge is 2.47. The molecule has 5 rings (SSSR count). The summed E-state index contributed by atoms with van der Waals surface area (Å²) >= 11 is 0. The van der Waals surface area contributed by atoms with Crippen LogP contribution in [0.4, 0.5) is 0 Å². The highest BCUT2D eigenvalue weighted by Crippen LogP contribution is 2.51. The average molecular weight is 552 g/mol. The second-order valence-electron chi connectivity index (χ2n) is 12.8. The van der Waals surface area contributed by atoms with Gasteiger partial charge in [0.1, 0.15) is 11.8 Å². The van der Waals surface area contributed by atoms with Gasteiger partial charge in [-0.3, -0.25) is 24.5 Å². The molecule has 218 valence electrons. The maximum atomic E-state index is 13.2. The van der Waals surface area contributed by atoms with Gasteiger partial charge in [-0.15, -0.1) is 0 Å². The van der Waals surface area contributed by atoms with Crippen molar-refractivity contribution in [1.29, 1.82) is 0 Å². The van der Waals surface area contributed by atoms with Crippen LogP contribution in [-0.2, 0) is 20.9 Å². The highest BCUT2D eigenvalue weighted by molar-refractivity contribution is 6.05. The molecule has 0 radical (unpaired) electrons. The zero-order valence-electron chi connectivity index (χ0n) is 24.1. The molecular weight excluding hydrogens is 506 g/mol. The smallest absolute Gasteiger partial charge is 0.255 e. The van der Waals surface area contributed by atoms with E-state index in [0.29, 0.717) is 30.9 Å². The standard InChI is InChI=1S/C32H45N3O5/c1-3-32(18-22-15-21(2)16-23(17-22)19-32)31(39)33-13-6-4-5-7-14-40-27-10-8-9-24-25(27)20-35(30(24)38)26-11-12-28(36)34-29(26)37/h8-10,21-23,26H,3-7,11-20H2,1-2H3,(H,33,39)(H,34,36,37). The number of carbonyl (C=O) groups is 4. The number of imide groups is 1. The molecule has 0 aromatic heterocycles. The number of rotatable bonds is 11. The van der Waals surface area contributed by atoms with Crippen LogP contribution in [0.1, 0.15) is 107 Å². The fourth-order valence-corrected chi connectivity index (χ4v) is 7.90. The van der Waals surface area contributed by atoms with E-state index in [1.807, 2.05) is 12.1 Å². The maximum absolute atomic E-state index is 13.2. The van der Waals surface area contributed by atoms with Crippen molar-refractivity contribution in [2.24, 2.45) is 23.2 Å². The van der Waals surface area contributed by atoms with Crippen LogP contribution in [0.15, 0.2) is 18.2 Å². The summed E-state index contributed by atoms with van der Waals surface area (Å²) in [6.07, 6.45) is 11.4. The first-order chi connectivity index (χ1) is 19.3. The highest BCUT2D eigenvalue weighted by atomic mass is 16.5. The fraction of sp³-hybridized carbons (Fsp3) is 0.688. The molecule has 1 saturated heterocycles. The molecular formula is C32H45N3O5. The molecule has 2 bridgehead atoms. The van der Waals surface area contributed by atoms with Crippen LogP contribution in [0.3, 0.4) is 0 Å². The topological polar surface area (TPSA) is 105 Å². The van der Waals surface area contributed by atoms with E-state index in [-0.39, 0.29) is 29.6 Å². The number of piperidine rings is 1. The minimum Gasteiger partial charge on any atom is -0.493 e. The van der Waals surface area contributed by atoms with Crippen molar-refractivity contribution in [3.8, 4) is 5.75 Å². The van der Waals surface area contributed by atoms with Gasteiger partial charge in [-0.05, 0) is 87.7 Å². The van der Waals surface area contributed by atoms with Crippen LogP contribution in [0.2, 0.25) is 0 Å². The SMILES string of the molecule is CCC1(C(=O)NCCCCCCOc2cccc3c2CN(C2CCC(=O)NC2=O)C3=O)CC2CC(C)CC(C2)C1. The molecule has 3 fully saturated rings. The number of nitrogens with one attached hydrogen (secondary N) is 2. The molecule has 40 heavy (non-hydrogen) atoms. The first-order valence-electron chi connectivity index (χ1n) is 15.5. The van der Waals surface area contributed by atoms with Crippen LogP contribution in [-0.4, -0.2) is 47.7 Å². The van der Waals surface area contributed by atoms with Gasteiger partial charge >= 0.3 is 0 Å². The number of ether oxygens (including phenoxy) is 1. The van der Waals surface area contributed by atoms with Gasteiger partial charge in [-0.25, -0.2) is 0 Å². The third-order valence-corrected chi connectivity index (χ3v) is 9.81. The van der Waals surface area contributed by atoms with Crippen LogP contribution >= 0.6 is 0 Å². The first-order valence-corrected chi connectivity index (χ1v) is 15.5. The maximum Gasteiger partial charge on any atom is 0.255 e. The fourth-order valence-electron chi connectivity index (χ4n) is 7.90. The van der Waals surface area contributed by atoms with E-state index in [1.165, 1.54) is 19.3 Å². The lowest BCUT2D eigenvalue weighted by Crippen LogP contribution is -2.52. The first kappa shape index (κ1) is 28.6. The molecule has 8 heteroatoms. The zero-order valence-corrected chi connectivity index (χ0v) is 24.1. The van der Waals surface area contributed by atoms with E-state index < -0.39 is 11.9 Å². The quantitative estimate of drug-likeness (QED) is 0.305. The number of fused-ring (bicyclic) bond motifs is 3. The van der Waals surface area contributed by atoms with Gasteiger partial charge in [0, 0.05) is 29.5 Å². The summed E-state index contributed by atoms with van der Waals surface area (Å²) in [5, 5.41) is 5.62. The van der Waals surface area contributed by atoms with Crippen LogP contribution in [0.5, 0.6) is 5.75 Å². The summed E-state index contributed by atoms with van der Waals surface area (Å²) in [6, 6.07) is 4.83. The van der Waals surface area contributed by atoms with Crippen LogP contribution < -0.4 is 15.4 Å². The third-order valence-electron chi connectivity index (χ3n) is 9.81. The average Bonchev–Trinajstić information content (AvgIpc) is 3.26. The predicted molar refractivity (Wildman–Crippen MR) is 151 cm³/mol. The number of carbonyl (C=O) groups excluding carboxylic acids is 4. The summed E-state index contributed by atoms with van der Waals surface area (Å²) in [5.74, 6) is 2.33. The van der Waals surface area contributed by atoms with Crippen molar-refractivity contribution < 1.29 is 23.9 Å². The minimum absolute atomic E-state index is 0.160. The molecule has 4 aliphatic rings. The molecule has 4 amide bonds. The summed E-state index contributed by atoms with van der Waals surface area (Å²) < 4.78 is 6.07. The van der Waals surface area contributed by atoms with E-state index in [4.69, 9.17) is 4.74 Å². The molecule has 1 aromatic rings. The van der Waals surface area contributed by atoms with Gasteiger partial charge in [-0.2, -0.15) is 0 Å². The van der Waals surface area contributed by atoms with Gasteiger partial charge < -0.3 is 15.0 Å². The zero-order chi connectivity index (χ0) is 28.3. The largest absolute Gasteiger partial charge is 0.493 e. The summed E-state index contributed by atoms with van der Waals surface area (Å²) in [7, 11) is 0.